The van der Waals surface area contributed by atoms with Crippen molar-refractivity contribution in [1.29, 1.82) is 0 Å². The largest absolute Gasteiger partial charge is 0.492 e. The molecule has 102 heavy (non-hydrogen) atoms. The fourth-order valence-corrected chi connectivity index (χ4v) is 13.4. The highest BCUT2D eigenvalue weighted by molar-refractivity contribution is 6.76. The Balaban J connectivity index is 1.77. The minimum Gasteiger partial charge on any atom is -0.492 e. The van der Waals surface area contributed by atoms with Gasteiger partial charge in [0.25, 0.3) is 0 Å². The second-order valence-corrected chi connectivity index (χ2v) is 42.1. The van der Waals surface area contributed by atoms with Crippen LogP contribution in [-0.2, 0) is 9.47 Å². The average molecular weight is 1430 g/mol. The summed E-state index contributed by atoms with van der Waals surface area (Å²) in [6.07, 6.45) is 49.4. The van der Waals surface area contributed by atoms with E-state index in [2.05, 4.69) is 114 Å². The summed E-state index contributed by atoms with van der Waals surface area (Å²) in [7, 11) is -2.70. The molecule has 4 rings (SSSR count). The molecule has 10 heteroatoms. The second kappa shape index (κ2) is 56.1. The normalized spacial score (nSPS) is 11.1. The number of rotatable bonds is 56. The lowest BCUT2D eigenvalue weighted by molar-refractivity contribution is 0.0515. The fourth-order valence-electron chi connectivity index (χ4n) is 12.0. The van der Waals surface area contributed by atoms with E-state index in [-0.39, 0.29) is 11.9 Å². The van der Waals surface area contributed by atoms with E-state index in [1.807, 2.05) is 48.5 Å². The van der Waals surface area contributed by atoms with Crippen molar-refractivity contribution >= 4 is 28.1 Å². The number of hydrogen-bond donors (Lipinski definition) is 0. The molecule has 4 aromatic carbocycles. The summed E-state index contributed by atoms with van der Waals surface area (Å²) in [4.78, 5) is 26.0. The highest BCUT2D eigenvalue weighted by atomic mass is 28.3. The minimum atomic E-state index is -1.35. The van der Waals surface area contributed by atoms with Gasteiger partial charge in [0.05, 0.1) is 73.0 Å². The zero-order chi connectivity index (χ0) is 73.4. The van der Waals surface area contributed by atoms with Gasteiger partial charge in [0.2, 0.25) is 0 Å². The van der Waals surface area contributed by atoms with E-state index in [0.29, 0.717) is 96.0 Å². The molecule has 0 radical (unpaired) electrons. The minimum absolute atomic E-state index is 0.310. The molecule has 0 unspecified atom stereocenters. The van der Waals surface area contributed by atoms with Crippen molar-refractivity contribution in [1.82, 2.24) is 0 Å². The van der Waals surface area contributed by atoms with Crippen LogP contribution in [0.2, 0.25) is 51.4 Å². The van der Waals surface area contributed by atoms with Gasteiger partial charge in [0, 0.05) is 51.5 Å². The van der Waals surface area contributed by atoms with E-state index in [1.54, 1.807) is 24.3 Å². The first-order chi connectivity index (χ1) is 49.6. The molecule has 0 aliphatic rings. The van der Waals surface area contributed by atoms with Crippen LogP contribution in [0.3, 0.4) is 0 Å². The lowest BCUT2D eigenvalue weighted by Crippen LogP contribution is -2.22. The van der Waals surface area contributed by atoms with Crippen molar-refractivity contribution in [3.63, 3.8) is 0 Å². The van der Waals surface area contributed by atoms with Gasteiger partial charge in [-0.3, -0.25) is 0 Å². The zero-order valence-corrected chi connectivity index (χ0v) is 68.1. The summed E-state index contributed by atoms with van der Waals surface area (Å²) in [5, 5.41) is 0. The molecule has 0 bridgehead atoms. The van der Waals surface area contributed by atoms with Gasteiger partial charge in [-0.2, -0.15) is 0 Å². The number of unbranched alkanes of at least 4 members (excludes halogenated alkanes) is 36. The molecule has 8 nitrogen and oxygen atoms in total. The van der Waals surface area contributed by atoms with Crippen LogP contribution in [0.15, 0.2) is 72.8 Å². The zero-order valence-electron chi connectivity index (χ0n) is 66.1. The van der Waals surface area contributed by atoms with Crippen LogP contribution in [-0.4, -0.2) is 67.7 Å². The smallest absolute Gasteiger partial charge is 0.338 e. The Labute approximate surface area is 625 Å². The van der Waals surface area contributed by atoms with Gasteiger partial charge in [-0.1, -0.05) is 322 Å². The quantitative estimate of drug-likeness (QED) is 0.0187. The highest BCUT2D eigenvalue weighted by Crippen LogP contribution is 2.32. The lowest BCUT2D eigenvalue weighted by Gasteiger charge is -2.15. The van der Waals surface area contributed by atoms with Crippen molar-refractivity contribution < 1.29 is 38.0 Å². The van der Waals surface area contributed by atoms with Crippen molar-refractivity contribution in [2.24, 2.45) is 0 Å². The summed E-state index contributed by atoms with van der Waals surface area (Å²) >= 11 is 0. The van der Waals surface area contributed by atoms with E-state index < -0.39 is 16.1 Å². The topological polar surface area (TPSA) is 89.5 Å². The first kappa shape index (κ1) is 88.1. The van der Waals surface area contributed by atoms with Crippen molar-refractivity contribution in [3.8, 4) is 70.4 Å². The molecule has 562 valence electrons. The van der Waals surface area contributed by atoms with Crippen molar-refractivity contribution in [2.75, 3.05) is 39.6 Å². The molecule has 0 atom stereocenters. The maximum absolute atomic E-state index is 13.0. The van der Waals surface area contributed by atoms with Crippen LogP contribution >= 0.6 is 0 Å². The first-order valence-electron chi connectivity index (χ1n) is 41.1. The average Bonchev–Trinajstić information content (AvgIpc) is 0.831. The predicted molar refractivity (Wildman–Crippen MR) is 438 cm³/mol. The van der Waals surface area contributed by atoms with Gasteiger partial charge in [-0.05, 0) is 110 Å². The Morgan fingerprint density at radius 2 is 0.490 bits per heavy atom. The molecular formula is C92H138O8Si2. The molecule has 0 N–H and O–H groups in total. The van der Waals surface area contributed by atoms with Crippen molar-refractivity contribution in [2.45, 2.75) is 336 Å². The molecule has 0 aliphatic carbocycles. The van der Waals surface area contributed by atoms with Gasteiger partial charge in [0.1, 0.15) is 23.0 Å². The summed E-state index contributed by atoms with van der Waals surface area (Å²) < 4.78 is 38.2. The first-order valence-corrected chi connectivity index (χ1v) is 48.5. The van der Waals surface area contributed by atoms with E-state index in [1.165, 1.54) is 205 Å². The van der Waals surface area contributed by atoms with E-state index in [0.717, 1.165) is 74.6 Å². The number of hydrogen-bond acceptors (Lipinski definition) is 8. The number of ether oxygens (including phenoxy) is 6. The number of carbonyl (C=O) groups excluding carboxylic acids is 2. The summed E-state index contributed by atoms with van der Waals surface area (Å²) in [5.74, 6) is 29.0. The summed E-state index contributed by atoms with van der Waals surface area (Å²) in [6.45, 7) is 25.9. The molecule has 0 fully saturated rings. The van der Waals surface area contributed by atoms with E-state index in [9.17, 15) is 9.59 Å². The van der Waals surface area contributed by atoms with Crippen LogP contribution in [0.25, 0.3) is 0 Å². The Morgan fingerprint density at radius 1 is 0.275 bits per heavy atom. The molecule has 0 heterocycles. The molecule has 0 spiro atoms. The summed E-state index contributed by atoms with van der Waals surface area (Å²) in [6, 6.07) is 24.6. The van der Waals surface area contributed by atoms with Crippen LogP contribution in [0.1, 0.15) is 339 Å². The number of carbonyl (C=O) groups is 2. The van der Waals surface area contributed by atoms with Gasteiger partial charge < -0.3 is 28.4 Å². The SMILES string of the molecule is CCCCCCCCCCCCOc1cc(C#Cc2ccc(C(=O)OCC[Si](C)(C)C)cc2)c(OCCCCCCCCCCCC)cc1C#CC#Cc1cc(OCCCCCCCCCCCC)c(C#Cc2ccc(C(=O)OCC[Si](C)(C)C)cc2)cc1OCCCCCCCCCCCC. The van der Waals surface area contributed by atoms with Crippen molar-refractivity contribution in [3.05, 3.63) is 117 Å². The summed E-state index contributed by atoms with van der Waals surface area (Å²) in [5.41, 5.74) is 5.39. The van der Waals surface area contributed by atoms with Crippen LogP contribution in [0.4, 0.5) is 0 Å². The monoisotopic (exact) mass is 1430 g/mol. The maximum atomic E-state index is 13.0. The standard InChI is InChI=1S/C92H138O8Si2/c1-11-15-19-23-27-31-35-39-43-49-67-95-87-77-85(65-59-79-55-61-81(62-56-79)91(93)99-71-73-101(5,6)7)89(97-69-51-45-41-37-33-29-25-21-17-13-3)75-83(87)53-47-48-54-84-76-90(98-70-52-46-42-38-34-30-26-22-18-14-4)86(78-88(84)96-68-50-44-40-36-32-28-24-20-16-12-2)66-60-80-57-63-82(64-58-80)92(94)100-72-74-102(8,9)10/h55-58,61-64,75-78H,11-46,49-52,67-74H2,1-10H3. The highest BCUT2D eigenvalue weighted by Gasteiger charge is 2.18. The Bertz CT molecular complexity index is 2950. The third-order valence-electron chi connectivity index (χ3n) is 18.7. The molecule has 0 aliphatic heterocycles. The predicted octanol–water partition coefficient (Wildman–Crippen LogP) is 26.1. The number of benzene rings is 4. The third kappa shape index (κ3) is 43.1. The lowest BCUT2D eigenvalue weighted by atomic mass is 10.1. The second-order valence-electron chi connectivity index (χ2n) is 30.9. The van der Waals surface area contributed by atoms with E-state index in [4.69, 9.17) is 28.4 Å². The molecule has 0 saturated carbocycles. The van der Waals surface area contributed by atoms with Crippen LogP contribution < -0.4 is 18.9 Å². The maximum Gasteiger partial charge on any atom is 0.338 e. The van der Waals surface area contributed by atoms with E-state index >= 15 is 0 Å². The fraction of sp³-hybridized carbons (Fsp3) is 0.630. The Kier molecular flexibility index (Phi) is 48.5. The van der Waals surface area contributed by atoms with Gasteiger partial charge in [-0.25, -0.2) is 9.59 Å². The molecular weight excluding hydrogens is 1290 g/mol. The Hall–Kier alpha value is -6.31. The van der Waals surface area contributed by atoms with Gasteiger partial charge in [0.15, 0.2) is 0 Å². The molecule has 0 amide bonds. The molecule has 0 aromatic heterocycles. The number of esters is 2. The van der Waals surface area contributed by atoms with Gasteiger partial charge in [-0.15, -0.1) is 0 Å². The van der Waals surface area contributed by atoms with Crippen LogP contribution in [0, 0.1) is 47.4 Å². The van der Waals surface area contributed by atoms with Gasteiger partial charge >= 0.3 is 11.9 Å². The third-order valence-corrected chi connectivity index (χ3v) is 22.1. The molecule has 4 aromatic rings. The Morgan fingerprint density at radius 3 is 0.716 bits per heavy atom. The molecule has 0 saturated heterocycles. The van der Waals surface area contributed by atoms with Crippen LogP contribution in [0.5, 0.6) is 23.0 Å².